The van der Waals surface area contributed by atoms with Gasteiger partial charge >= 0.3 is 5.69 Å². The molecule has 0 atom stereocenters. The predicted molar refractivity (Wildman–Crippen MR) is 69.7 cm³/mol. The van der Waals surface area contributed by atoms with Gasteiger partial charge in [-0.05, 0) is 13.8 Å². The van der Waals surface area contributed by atoms with Gasteiger partial charge in [0.25, 0.3) is 0 Å². The van der Waals surface area contributed by atoms with Crippen molar-refractivity contribution in [1.29, 1.82) is 0 Å². The van der Waals surface area contributed by atoms with Gasteiger partial charge in [0, 0.05) is 13.0 Å². The number of hydrogen-bond acceptors (Lipinski definition) is 5. The second-order valence-electron chi connectivity index (χ2n) is 3.62. The van der Waals surface area contributed by atoms with Gasteiger partial charge in [-0.1, -0.05) is 0 Å². The van der Waals surface area contributed by atoms with Crippen LogP contribution < -0.4 is 14.8 Å². The van der Waals surface area contributed by atoms with Crippen molar-refractivity contribution in [3.8, 4) is 11.5 Å². The number of rotatable bonds is 6. The zero-order valence-corrected chi connectivity index (χ0v) is 11.1. The van der Waals surface area contributed by atoms with Crippen LogP contribution in [0.5, 0.6) is 11.5 Å². The molecule has 0 aliphatic carbocycles. The fourth-order valence-corrected chi connectivity index (χ4v) is 1.53. The van der Waals surface area contributed by atoms with Crippen LogP contribution in [0.15, 0.2) is 12.1 Å². The first-order chi connectivity index (χ1) is 8.99. The highest BCUT2D eigenvalue weighted by Gasteiger charge is 2.20. The maximum atomic E-state index is 11.1. The van der Waals surface area contributed by atoms with Crippen LogP contribution in [-0.4, -0.2) is 24.0 Å². The summed E-state index contributed by atoms with van der Waals surface area (Å²) in [6, 6.07) is 2.65. The third-order valence-electron chi connectivity index (χ3n) is 2.17. The number of carbonyl (C=O) groups is 1. The molecule has 0 radical (unpaired) electrons. The summed E-state index contributed by atoms with van der Waals surface area (Å²) in [6.07, 6.45) is 0. The topological polar surface area (TPSA) is 90.7 Å². The number of anilines is 1. The number of benzene rings is 1. The Morgan fingerprint density at radius 1 is 1.26 bits per heavy atom. The first-order valence-corrected chi connectivity index (χ1v) is 5.85. The fraction of sp³-hybridized carbons (Fsp3) is 0.417. The van der Waals surface area contributed by atoms with E-state index in [1.807, 2.05) is 0 Å². The van der Waals surface area contributed by atoms with E-state index < -0.39 is 4.92 Å². The molecule has 104 valence electrons. The number of ether oxygens (including phenoxy) is 2. The minimum atomic E-state index is -0.551. The molecule has 0 heterocycles. The molecular formula is C12H16N2O5. The summed E-state index contributed by atoms with van der Waals surface area (Å²) in [5.74, 6) is 0.0461. The second-order valence-corrected chi connectivity index (χ2v) is 3.62. The first-order valence-electron chi connectivity index (χ1n) is 5.85. The van der Waals surface area contributed by atoms with E-state index in [0.29, 0.717) is 12.3 Å². The number of nitrogens with zero attached hydrogens (tertiary/aromatic N) is 1. The molecule has 0 aliphatic rings. The average molecular weight is 268 g/mol. The van der Waals surface area contributed by atoms with Crippen LogP contribution in [0.1, 0.15) is 20.8 Å². The lowest BCUT2D eigenvalue weighted by Gasteiger charge is -2.13. The number of nitro benzene ring substituents is 1. The summed E-state index contributed by atoms with van der Waals surface area (Å²) in [5.41, 5.74) is 0.155. The Balaban J connectivity index is 3.31. The SMILES string of the molecule is CCOc1cc([N+](=O)[O-])c(OCC)cc1NC(C)=O. The maximum absolute atomic E-state index is 11.1. The zero-order chi connectivity index (χ0) is 14.4. The van der Waals surface area contributed by atoms with Gasteiger partial charge in [-0.2, -0.15) is 0 Å². The standard InChI is InChI=1S/C12H16N2O5/c1-4-18-11-7-10(14(16)17)12(19-5-2)6-9(11)13-8(3)15/h6-7H,4-5H2,1-3H3,(H,13,15). The van der Waals surface area contributed by atoms with E-state index in [1.165, 1.54) is 19.1 Å². The van der Waals surface area contributed by atoms with Crippen molar-refractivity contribution in [1.82, 2.24) is 0 Å². The van der Waals surface area contributed by atoms with Crippen LogP contribution >= 0.6 is 0 Å². The molecule has 19 heavy (non-hydrogen) atoms. The minimum Gasteiger partial charge on any atom is -0.491 e. The first kappa shape index (κ1) is 14.7. The van der Waals surface area contributed by atoms with Crippen LogP contribution in [-0.2, 0) is 4.79 Å². The molecule has 0 spiro atoms. The lowest BCUT2D eigenvalue weighted by atomic mass is 10.2. The molecule has 1 N–H and O–H groups in total. The van der Waals surface area contributed by atoms with Crippen LogP contribution in [0.25, 0.3) is 0 Å². The van der Waals surface area contributed by atoms with E-state index in [0.717, 1.165) is 0 Å². The lowest BCUT2D eigenvalue weighted by molar-refractivity contribution is -0.385. The van der Waals surface area contributed by atoms with Crippen molar-refractivity contribution < 1.29 is 19.2 Å². The van der Waals surface area contributed by atoms with Crippen LogP contribution in [0, 0.1) is 10.1 Å². The molecule has 0 bridgehead atoms. The molecule has 0 unspecified atom stereocenters. The summed E-state index contributed by atoms with van der Waals surface area (Å²) < 4.78 is 10.5. The van der Waals surface area contributed by atoms with Gasteiger partial charge in [0.2, 0.25) is 5.91 Å². The highest BCUT2D eigenvalue weighted by molar-refractivity contribution is 5.91. The molecule has 0 saturated heterocycles. The van der Waals surface area contributed by atoms with Crippen LogP contribution in [0.2, 0.25) is 0 Å². The molecule has 0 aromatic heterocycles. The van der Waals surface area contributed by atoms with Gasteiger partial charge in [0.15, 0.2) is 5.75 Å². The van der Waals surface area contributed by atoms with Crippen molar-refractivity contribution in [3.05, 3.63) is 22.2 Å². The Morgan fingerprint density at radius 3 is 2.32 bits per heavy atom. The third-order valence-corrected chi connectivity index (χ3v) is 2.17. The van der Waals surface area contributed by atoms with Gasteiger partial charge in [0.1, 0.15) is 5.75 Å². The Morgan fingerprint density at radius 2 is 1.84 bits per heavy atom. The van der Waals surface area contributed by atoms with Gasteiger partial charge in [-0.3, -0.25) is 14.9 Å². The van der Waals surface area contributed by atoms with E-state index in [2.05, 4.69) is 5.32 Å². The van der Waals surface area contributed by atoms with E-state index in [-0.39, 0.29) is 29.7 Å². The van der Waals surface area contributed by atoms with E-state index in [9.17, 15) is 14.9 Å². The van der Waals surface area contributed by atoms with Crippen LogP contribution in [0.3, 0.4) is 0 Å². The van der Waals surface area contributed by atoms with E-state index in [1.54, 1.807) is 13.8 Å². The second kappa shape index (κ2) is 6.58. The third kappa shape index (κ3) is 3.84. The number of amides is 1. The highest BCUT2D eigenvalue weighted by atomic mass is 16.6. The van der Waals surface area contributed by atoms with Crippen molar-refractivity contribution in [2.45, 2.75) is 20.8 Å². The van der Waals surface area contributed by atoms with Crippen molar-refractivity contribution >= 4 is 17.3 Å². The van der Waals surface area contributed by atoms with Gasteiger partial charge in [-0.25, -0.2) is 0 Å². The number of nitrogens with one attached hydrogen (secondary N) is 1. The zero-order valence-electron chi connectivity index (χ0n) is 11.1. The minimum absolute atomic E-state index is 0.0969. The molecule has 7 heteroatoms. The Bertz CT molecular complexity index is 487. The summed E-state index contributed by atoms with van der Waals surface area (Å²) in [5, 5.41) is 13.5. The van der Waals surface area contributed by atoms with Crippen molar-refractivity contribution in [2.75, 3.05) is 18.5 Å². The van der Waals surface area contributed by atoms with E-state index >= 15 is 0 Å². The quantitative estimate of drug-likeness (QED) is 0.631. The van der Waals surface area contributed by atoms with Gasteiger partial charge in [0.05, 0.1) is 29.9 Å². The Hall–Kier alpha value is -2.31. The van der Waals surface area contributed by atoms with E-state index in [4.69, 9.17) is 9.47 Å². The summed E-state index contributed by atoms with van der Waals surface area (Å²) >= 11 is 0. The predicted octanol–water partition coefficient (Wildman–Crippen LogP) is 2.35. The smallest absolute Gasteiger partial charge is 0.314 e. The summed E-state index contributed by atoms with van der Waals surface area (Å²) in [4.78, 5) is 21.5. The molecule has 0 saturated carbocycles. The Kier molecular flexibility index (Phi) is 5.11. The molecule has 1 aromatic carbocycles. The van der Waals surface area contributed by atoms with Crippen LogP contribution in [0.4, 0.5) is 11.4 Å². The summed E-state index contributed by atoms with van der Waals surface area (Å²) in [7, 11) is 0. The van der Waals surface area contributed by atoms with Gasteiger partial charge < -0.3 is 14.8 Å². The largest absolute Gasteiger partial charge is 0.491 e. The number of carbonyl (C=O) groups excluding carboxylic acids is 1. The molecular weight excluding hydrogens is 252 g/mol. The van der Waals surface area contributed by atoms with Crippen molar-refractivity contribution in [3.63, 3.8) is 0 Å². The molecule has 0 aliphatic heterocycles. The molecule has 7 nitrogen and oxygen atoms in total. The van der Waals surface area contributed by atoms with Gasteiger partial charge in [-0.15, -0.1) is 0 Å². The maximum Gasteiger partial charge on any atom is 0.314 e. The fourth-order valence-electron chi connectivity index (χ4n) is 1.53. The van der Waals surface area contributed by atoms with Crippen molar-refractivity contribution in [2.24, 2.45) is 0 Å². The molecule has 1 aromatic rings. The Labute approximate surface area is 110 Å². The normalized spacial score (nSPS) is 9.84. The monoisotopic (exact) mass is 268 g/mol. The highest BCUT2D eigenvalue weighted by Crippen LogP contribution is 2.37. The molecule has 0 fully saturated rings. The average Bonchev–Trinajstić information content (AvgIpc) is 2.31. The number of hydrogen-bond donors (Lipinski definition) is 1. The summed E-state index contributed by atoms with van der Waals surface area (Å²) in [6.45, 7) is 5.43. The number of nitro groups is 1. The molecule has 1 amide bonds. The molecule has 1 rings (SSSR count). The lowest BCUT2D eigenvalue weighted by Crippen LogP contribution is -2.09.